The van der Waals surface area contributed by atoms with Crippen molar-refractivity contribution in [2.45, 2.75) is 50.7 Å². The van der Waals surface area contributed by atoms with Crippen LogP contribution in [0, 0.1) is 5.82 Å². The minimum atomic E-state index is -0.413. The van der Waals surface area contributed by atoms with Crippen LogP contribution in [-0.2, 0) is 13.1 Å². The van der Waals surface area contributed by atoms with E-state index in [0.717, 1.165) is 61.4 Å². The third-order valence-electron chi connectivity index (χ3n) is 6.57. The number of piperidine rings is 1. The lowest BCUT2D eigenvalue weighted by Gasteiger charge is -2.31. The first kappa shape index (κ1) is 19.1. The maximum Gasteiger partial charge on any atom is 0.225 e. The van der Waals surface area contributed by atoms with Gasteiger partial charge in [0.25, 0.3) is 0 Å². The molecule has 7 nitrogen and oxygen atoms in total. The van der Waals surface area contributed by atoms with Gasteiger partial charge in [-0.3, -0.25) is 9.47 Å². The molecule has 2 fully saturated rings. The molecule has 1 aliphatic carbocycles. The van der Waals surface area contributed by atoms with E-state index in [9.17, 15) is 4.39 Å². The molecule has 0 unspecified atom stereocenters. The van der Waals surface area contributed by atoms with Gasteiger partial charge in [0.15, 0.2) is 11.6 Å². The maximum absolute atomic E-state index is 13.1. The van der Waals surface area contributed by atoms with Crippen molar-refractivity contribution in [2.75, 3.05) is 18.0 Å². The Morgan fingerprint density at radius 1 is 0.968 bits per heavy atom. The van der Waals surface area contributed by atoms with Gasteiger partial charge in [-0.25, -0.2) is 14.4 Å². The van der Waals surface area contributed by atoms with Crippen molar-refractivity contribution in [3.05, 3.63) is 58.6 Å². The molecule has 0 bridgehead atoms. The number of benzene rings is 1. The van der Waals surface area contributed by atoms with Crippen molar-refractivity contribution in [2.24, 2.45) is 0 Å². The number of hydrogen-bond acceptors (Lipinski definition) is 6. The highest BCUT2D eigenvalue weighted by Gasteiger charge is 2.35. The topological polar surface area (TPSA) is 63.0 Å². The Morgan fingerprint density at radius 2 is 1.74 bits per heavy atom. The number of halogens is 2. The number of nitrogens with zero attached hydrogens (tertiary/aromatic N) is 7. The van der Waals surface area contributed by atoms with E-state index in [1.54, 1.807) is 0 Å². The molecule has 3 aliphatic rings. The first-order chi connectivity index (χ1) is 15.2. The van der Waals surface area contributed by atoms with Gasteiger partial charge in [0.05, 0.1) is 24.6 Å². The zero-order valence-corrected chi connectivity index (χ0v) is 17.8. The first-order valence-corrected chi connectivity index (χ1v) is 11.2. The van der Waals surface area contributed by atoms with Crippen LogP contribution >= 0.6 is 11.6 Å². The van der Waals surface area contributed by atoms with E-state index in [1.165, 1.54) is 30.8 Å². The molecule has 160 valence electrons. The van der Waals surface area contributed by atoms with Crippen LogP contribution in [-0.4, -0.2) is 48.8 Å². The first-order valence-electron chi connectivity index (χ1n) is 10.9. The van der Waals surface area contributed by atoms with E-state index in [2.05, 4.69) is 46.7 Å². The summed E-state index contributed by atoms with van der Waals surface area (Å²) in [7, 11) is 0. The van der Waals surface area contributed by atoms with Gasteiger partial charge < -0.3 is 4.90 Å². The Bertz CT molecular complexity index is 1100. The molecular formula is C22H23ClFN7. The van der Waals surface area contributed by atoms with Gasteiger partial charge in [0.1, 0.15) is 5.82 Å². The predicted octanol–water partition coefficient (Wildman–Crippen LogP) is 3.71. The summed E-state index contributed by atoms with van der Waals surface area (Å²) in [6.45, 7) is 3.32. The minimum Gasteiger partial charge on any atom is -0.341 e. The Kier molecular flexibility index (Phi) is 4.65. The summed E-state index contributed by atoms with van der Waals surface area (Å²) in [5, 5.41) is 10.0. The molecule has 0 radical (unpaired) electrons. The lowest BCUT2D eigenvalue weighted by molar-refractivity contribution is 0.243. The van der Waals surface area contributed by atoms with Gasteiger partial charge in [0, 0.05) is 36.6 Å². The van der Waals surface area contributed by atoms with Gasteiger partial charge in [-0.15, -0.1) is 10.2 Å². The van der Waals surface area contributed by atoms with Crippen molar-refractivity contribution in [1.82, 2.24) is 29.6 Å². The molecular weight excluding hydrogens is 417 g/mol. The molecule has 4 heterocycles. The molecule has 0 N–H and O–H groups in total. The lowest BCUT2D eigenvalue weighted by atomic mass is 9.95. The number of fused-ring (bicyclic) bond motifs is 3. The van der Waals surface area contributed by atoms with Crippen LogP contribution in [0.4, 0.5) is 10.3 Å². The number of rotatable bonds is 3. The zero-order chi connectivity index (χ0) is 20.9. The monoisotopic (exact) mass is 439 g/mol. The second-order valence-electron chi connectivity index (χ2n) is 8.68. The maximum atomic E-state index is 13.1. The summed E-state index contributed by atoms with van der Waals surface area (Å²) < 4.78 is 15.4. The fourth-order valence-electron chi connectivity index (χ4n) is 4.82. The quantitative estimate of drug-likeness (QED) is 0.620. The van der Waals surface area contributed by atoms with Crippen LogP contribution in [0.5, 0.6) is 0 Å². The van der Waals surface area contributed by atoms with Crippen LogP contribution in [0.3, 0.4) is 0 Å². The molecule has 2 aliphatic heterocycles. The largest absolute Gasteiger partial charge is 0.341 e. The van der Waals surface area contributed by atoms with Gasteiger partial charge >= 0.3 is 0 Å². The van der Waals surface area contributed by atoms with Crippen LogP contribution in [0.15, 0.2) is 30.6 Å². The Balaban J connectivity index is 1.30. The molecule has 2 aromatic heterocycles. The summed E-state index contributed by atoms with van der Waals surface area (Å²) in [4.78, 5) is 12.9. The molecule has 0 amide bonds. The van der Waals surface area contributed by atoms with Crippen molar-refractivity contribution < 1.29 is 4.39 Å². The molecule has 1 aromatic carbocycles. The summed E-state index contributed by atoms with van der Waals surface area (Å²) in [5.74, 6) is 2.50. The Labute approximate surface area is 184 Å². The molecule has 6 rings (SSSR count). The average Bonchev–Trinajstić information content (AvgIpc) is 3.57. The van der Waals surface area contributed by atoms with Gasteiger partial charge in [-0.2, -0.15) is 0 Å². The van der Waals surface area contributed by atoms with Crippen LogP contribution in [0.25, 0.3) is 5.69 Å². The lowest BCUT2D eigenvalue weighted by Crippen LogP contribution is -2.34. The van der Waals surface area contributed by atoms with Crippen molar-refractivity contribution in [3.63, 3.8) is 0 Å². The van der Waals surface area contributed by atoms with E-state index in [4.69, 9.17) is 11.6 Å². The summed E-state index contributed by atoms with van der Waals surface area (Å²) >= 11 is 6.35. The van der Waals surface area contributed by atoms with Crippen LogP contribution in [0.1, 0.15) is 48.8 Å². The second kappa shape index (κ2) is 7.53. The van der Waals surface area contributed by atoms with Crippen molar-refractivity contribution in [1.29, 1.82) is 0 Å². The zero-order valence-electron chi connectivity index (χ0n) is 17.1. The summed E-state index contributed by atoms with van der Waals surface area (Å²) in [6.07, 6.45) is 6.80. The SMILES string of the molecule is Fc1cnc(N2CCC(c3nnc4n3-c3ccc(Cl)cc3CN(C3CC3)C4)CC2)nc1. The molecule has 0 atom stereocenters. The fraction of sp³-hybridized carbons (Fsp3) is 0.455. The number of hydrogen-bond donors (Lipinski definition) is 0. The number of aromatic nitrogens is 5. The van der Waals surface area contributed by atoms with Gasteiger partial charge in [-0.05, 0) is 49.4 Å². The molecule has 1 saturated heterocycles. The summed E-state index contributed by atoms with van der Waals surface area (Å²) in [5.41, 5.74) is 2.38. The highest BCUT2D eigenvalue weighted by atomic mass is 35.5. The van der Waals surface area contributed by atoms with Crippen LogP contribution < -0.4 is 4.90 Å². The highest BCUT2D eigenvalue weighted by molar-refractivity contribution is 6.30. The normalized spacial score (nSPS) is 19.7. The van der Waals surface area contributed by atoms with E-state index in [-0.39, 0.29) is 0 Å². The van der Waals surface area contributed by atoms with E-state index in [1.807, 2.05) is 6.07 Å². The number of anilines is 1. The Hall–Kier alpha value is -2.58. The van der Waals surface area contributed by atoms with E-state index >= 15 is 0 Å². The molecule has 1 saturated carbocycles. The predicted molar refractivity (Wildman–Crippen MR) is 115 cm³/mol. The fourth-order valence-corrected chi connectivity index (χ4v) is 5.01. The highest BCUT2D eigenvalue weighted by Crippen LogP contribution is 2.37. The van der Waals surface area contributed by atoms with Gasteiger partial charge in [-0.1, -0.05) is 11.6 Å². The molecule has 31 heavy (non-hydrogen) atoms. The van der Waals surface area contributed by atoms with Gasteiger partial charge in [0.2, 0.25) is 5.95 Å². The van der Waals surface area contributed by atoms with E-state index < -0.39 is 5.82 Å². The standard InChI is InChI=1S/C22H23ClFN7/c23-16-1-4-19-15(9-16)12-30(18-2-3-18)13-20-27-28-21(31(19)20)14-5-7-29(8-6-14)22-25-10-17(24)11-26-22/h1,4,9-11,14,18H,2-3,5-8,12-13H2. The average molecular weight is 440 g/mol. The third kappa shape index (κ3) is 3.57. The van der Waals surface area contributed by atoms with E-state index in [0.29, 0.717) is 17.9 Å². The van der Waals surface area contributed by atoms with Crippen LogP contribution in [0.2, 0.25) is 5.02 Å². The molecule has 0 spiro atoms. The summed E-state index contributed by atoms with van der Waals surface area (Å²) in [6, 6.07) is 6.78. The smallest absolute Gasteiger partial charge is 0.225 e. The van der Waals surface area contributed by atoms with Crippen molar-refractivity contribution >= 4 is 17.5 Å². The third-order valence-corrected chi connectivity index (χ3v) is 6.80. The molecule has 9 heteroatoms. The minimum absolute atomic E-state index is 0.300. The Morgan fingerprint density at radius 3 is 2.48 bits per heavy atom. The second-order valence-corrected chi connectivity index (χ2v) is 9.12. The van der Waals surface area contributed by atoms with Crippen molar-refractivity contribution in [3.8, 4) is 5.69 Å². The molecule has 3 aromatic rings.